The largest absolute Gasteiger partial charge is 0.506 e. The highest BCUT2D eigenvalue weighted by Gasteiger charge is 2.15. The van der Waals surface area contributed by atoms with Gasteiger partial charge in [0.15, 0.2) is 5.76 Å². The van der Waals surface area contributed by atoms with Gasteiger partial charge < -0.3 is 19.6 Å². The number of para-hydroxylation sites is 2. The van der Waals surface area contributed by atoms with E-state index in [0.717, 1.165) is 0 Å². The molecule has 0 atom stereocenters. The second-order valence-electron chi connectivity index (χ2n) is 5.40. The number of nitrogens with one attached hydrogen (secondary N) is 1. The molecule has 0 saturated carbocycles. The van der Waals surface area contributed by atoms with Crippen molar-refractivity contribution in [3.63, 3.8) is 0 Å². The van der Waals surface area contributed by atoms with Gasteiger partial charge in [0.05, 0.1) is 15.6 Å². The molecule has 0 aliphatic heterocycles. The number of phenols is 1. The van der Waals surface area contributed by atoms with Gasteiger partial charge in [0.1, 0.15) is 23.9 Å². The summed E-state index contributed by atoms with van der Waals surface area (Å²) in [5.74, 6) is 0.0438. The van der Waals surface area contributed by atoms with E-state index in [1.165, 1.54) is 30.3 Å². The van der Waals surface area contributed by atoms with Gasteiger partial charge in [0, 0.05) is 12.1 Å². The molecule has 0 bridgehead atoms. The lowest BCUT2D eigenvalue weighted by Gasteiger charge is -2.06. The number of hydrogen-bond acceptors (Lipinski definition) is 6. The number of non-ortho nitro benzene ring substituents is 1. The first-order valence-corrected chi connectivity index (χ1v) is 8.06. The van der Waals surface area contributed by atoms with Crippen LogP contribution in [-0.2, 0) is 6.61 Å². The first-order valence-electron chi connectivity index (χ1n) is 7.69. The SMILES string of the molecule is O=C(Nc1ccccc1O)c1ccc(COc2ccc([N+](=O)[O-])cc2Cl)o1. The molecule has 0 aliphatic carbocycles. The van der Waals surface area contributed by atoms with E-state index in [1.807, 2.05) is 0 Å². The maximum absolute atomic E-state index is 12.2. The van der Waals surface area contributed by atoms with E-state index in [0.29, 0.717) is 5.76 Å². The van der Waals surface area contributed by atoms with E-state index in [2.05, 4.69) is 5.32 Å². The van der Waals surface area contributed by atoms with Crippen molar-refractivity contribution in [1.29, 1.82) is 0 Å². The first-order chi connectivity index (χ1) is 12.9. The Morgan fingerprint density at radius 2 is 2.00 bits per heavy atom. The number of rotatable bonds is 6. The van der Waals surface area contributed by atoms with Crippen LogP contribution in [0.1, 0.15) is 16.3 Å². The first kappa shape index (κ1) is 18.3. The zero-order chi connectivity index (χ0) is 19.4. The molecule has 0 aliphatic rings. The number of phenolic OH excluding ortho intramolecular Hbond substituents is 1. The van der Waals surface area contributed by atoms with E-state index >= 15 is 0 Å². The number of carbonyl (C=O) groups is 1. The minimum Gasteiger partial charge on any atom is -0.506 e. The van der Waals surface area contributed by atoms with Crippen molar-refractivity contribution in [2.45, 2.75) is 6.61 Å². The van der Waals surface area contributed by atoms with Gasteiger partial charge in [0.2, 0.25) is 0 Å². The summed E-state index contributed by atoms with van der Waals surface area (Å²) >= 11 is 5.95. The summed E-state index contributed by atoms with van der Waals surface area (Å²) in [6.07, 6.45) is 0. The highest BCUT2D eigenvalue weighted by atomic mass is 35.5. The number of hydrogen-bond donors (Lipinski definition) is 2. The fourth-order valence-electron chi connectivity index (χ4n) is 2.21. The summed E-state index contributed by atoms with van der Waals surface area (Å²) < 4.78 is 10.9. The van der Waals surface area contributed by atoms with Crippen molar-refractivity contribution in [2.24, 2.45) is 0 Å². The normalized spacial score (nSPS) is 10.4. The Hall–Kier alpha value is -3.52. The van der Waals surface area contributed by atoms with Crippen molar-refractivity contribution >= 4 is 28.9 Å². The number of amides is 1. The second-order valence-corrected chi connectivity index (χ2v) is 5.80. The Bertz CT molecular complexity index is 1000. The molecule has 1 aromatic heterocycles. The van der Waals surface area contributed by atoms with Crippen LogP contribution in [0.25, 0.3) is 0 Å². The molecule has 0 radical (unpaired) electrons. The number of nitrogens with zero attached hydrogens (tertiary/aromatic N) is 1. The fourth-order valence-corrected chi connectivity index (χ4v) is 2.44. The third kappa shape index (κ3) is 4.36. The van der Waals surface area contributed by atoms with Crippen molar-refractivity contribution in [3.8, 4) is 11.5 Å². The van der Waals surface area contributed by atoms with Crippen molar-refractivity contribution < 1.29 is 24.0 Å². The van der Waals surface area contributed by atoms with E-state index < -0.39 is 10.8 Å². The fraction of sp³-hybridized carbons (Fsp3) is 0.0556. The smallest absolute Gasteiger partial charge is 0.291 e. The van der Waals surface area contributed by atoms with Crippen molar-refractivity contribution in [2.75, 3.05) is 5.32 Å². The molecule has 0 saturated heterocycles. The van der Waals surface area contributed by atoms with Crippen LogP contribution in [0.2, 0.25) is 5.02 Å². The molecule has 2 N–H and O–H groups in total. The third-order valence-electron chi connectivity index (χ3n) is 3.53. The molecular formula is C18H13ClN2O6. The second kappa shape index (κ2) is 7.79. The van der Waals surface area contributed by atoms with Crippen LogP contribution in [0.3, 0.4) is 0 Å². The number of ether oxygens (including phenoxy) is 1. The molecule has 0 unspecified atom stereocenters. The lowest BCUT2D eigenvalue weighted by Crippen LogP contribution is -2.10. The van der Waals surface area contributed by atoms with Gasteiger partial charge in [-0.1, -0.05) is 23.7 Å². The average molecular weight is 389 g/mol. The van der Waals surface area contributed by atoms with Crippen LogP contribution in [0.5, 0.6) is 11.5 Å². The van der Waals surface area contributed by atoms with Crippen LogP contribution in [-0.4, -0.2) is 15.9 Å². The standard InChI is InChI=1S/C18H13ClN2O6/c19-13-9-11(21(24)25)5-7-16(13)26-10-12-6-8-17(27-12)18(23)20-14-3-1-2-4-15(14)22/h1-9,22H,10H2,(H,20,23). The summed E-state index contributed by atoms with van der Waals surface area (Å²) in [4.78, 5) is 22.3. The molecule has 0 spiro atoms. The topological polar surface area (TPSA) is 115 Å². The molecular weight excluding hydrogens is 376 g/mol. The minimum atomic E-state index is -0.558. The predicted octanol–water partition coefficient (Wildman–Crippen LogP) is 4.38. The summed E-state index contributed by atoms with van der Waals surface area (Å²) in [5, 5.41) is 23.0. The molecule has 27 heavy (non-hydrogen) atoms. The van der Waals surface area contributed by atoms with Gasteiger partial charge in [-0.3, -0.25) is 14.9 Å². The Kier molecular flexibility index (Phi) is 5.28. The predicted molar refractivity (Wildman–Crippen MR) is 97.2 cm³/mol. The van der Waals surface area contributed by atoms with E-state index in [9.17, 15) is 20.0 Å². The maximum atomic E-state index is 12.2. The van der Waals surface area contributed by atoms with E-state index in [4.69, 9.17) is 20.8 Å². The van der Waals surface area contributed by atoms with Gasteiger partial charge in [-0.2, -0.15) is 0 Å². The van der Waals surface area contributed by atoms with Gasteiger partial charge in [0.25, 0.3) is 11.6 Å². The number of aromatic hydroxyl groups is 1. The van der Waals surface area contributed by atoms with E-state index in [1.54, 1.807) is 24.3 Å². The van der Waals surface area contributed by atoms with Crippen molar-refractivity contribution in [1.82, 2.24) is 0 Å². The molecule has 1 heterocycles. The molecule has 3 rings (SSSR count). The van der Waals surface area contributed by atoms with Crippen LogP contribution in [0.4, 0.5) is 11.4 Å². The molecule has 2 aromatic carbocycles. The van der Waals surface area contributed by atoms with Gasteiger partial charge in [-0.15, -0.1) is 0 Å². The number of nitro groups is 1. The number of halogens is 1. The quantitative estimate of drug-likeness (QED) is 0.368. The Morgan fingerprint density at radius 1 is 1.22 bits per heavy atom. The summed E-state index contributed by atoms with van der Waals surface area (Å²) in [6, 6.07) is 13.2. The van der Waals surface area contributed by atoms with Crippen LogP contribution in [0, 0.1) is 10.1 Å². The van der Waals surface area contributed by atoms with Crippen LogP contribution < -0.4 is 10.1 Å². The highest BCUT2D eigenvalue weighted by molar-refractivity contribution is 6.32. The Balaban J connectivity index is 1.63. The Morgan fingerprint density at radius 3 is 2.70 bits per heavy atom. The maximum Gasteiger partial charge on any atom is 0.291 e. The van der Waals surface area contributed by atoms with E-state index in [-0.39, 0.29) is 40.3 Å². The van der Waals surface area contributed by atoms with Gasteiger partial charge in [-0.25, -0.2) is 0 Å². The van der Waals surface area contributed by atoms with Crippen molar-refractivity contribution in [3.05, 3.63) is 81.3 Å². The summed E-state index contributed by atoms with van der Waals surface area (Å²) in [5.41, 5.74) is 0.114. The zero-order valence-corrected chi connectivity index (χ0v) is 14.5. The number of carbonyl (C=O) groups excluding carboxylic acids is 1. The van der Waals surface area contributed by atoms with Crippen LogP contribution >= 0.6 is 11.6 Å². The van der Waals surface area contributed by atoms with Gasteiger partial charge >= 0.3 is 0 Å². The minimum absolute atomic E-state index is 0.0264. The third-order valence-corrected chi connectivity index (χ3v) is 3.83. The molecule has 9 heteroatoms. The number of benzene rings is 2. The van der Waals surface area contributed by atoms with Crippen LogP contribution in [0.15, 0.2) is 59.0 Å². The molecule has 1 amide bonds. The summed E-state index contributed by atoms with van der Waals surface area (Å²) in [6.45, 7) is -0.0264. The monoisotopic (exact) mass is 388 g/mol. The molecule has 0 fully saturated rings. The van der Waals surface area contributed by atoms with Gasteiger partial charge in [-0.05, 0) is 30.3 Å². The lowest BCUT2D eigenvalue weighted by molar-refractivity contribution is -0.384. The zero-order valence-electron chi connectivity index (χ0n) is 13.7. The average Bonchev–Trinajstić information content (AvgIpc) is 3.11. The number of anilines is 1. The molecule has 8 nitrogen and oxygen atoms in total. The highest BCUT2D eigenvalue weighted by Crippen LogP contribution is 2.29. The number of furan rings is 1. The Labute approximate surface area is 158 Å². The summed E-state index contributed by atoms with van der Waals surface area (Å²) in [7, 11) is 0. The molecule has 138 valence electrons. The molecule has 3 aromatic rings. The number of nitro benzene ring substituents is 1. The lowest BCUT2D eigenvalue weighted by atomic mass is 10.3.